The van der Waals surface area contributed by atoms with Crippen LogP contribution in [0.15, 0.2) is 24.3 Å². The maximum Gasteiger partial charge on any atom is 0.200 e. The highest BCUT2D eigenvalue weighted by molar-refractivity contribution is 5.34. The third-order valence-corrected chi connectivity index (χ3v) is 4.17. The average Bonchev–Trinajstić information content (AvgIpc) is 2.79. The van der Waals surface area contributed by atoms with Crippen molar-refractivity contribution in [2.45, 2.75) is 13.2 Å². The molecule has 0 saturated carbocycles. The Labute approximate surface area is 172 Å². The van der Waals surface area contributed by atoms with Crippen LogP contribution in [0.1, 0.15) is 11.1 Å². The quantitative estimate of drug-likeness (QED) is 0.242. The average molecular weight is 470 g/mol. The molecule has 32 heavy (non-hydrogen) atoms. The van der Waals surface area contributed by atoms with E-state index in [1.807, 2.05) is 0 Å². The minimum atomic E-state index is -2.34. The Hall–Kier alpha value is -3.44. The highest BCUT2D eigenvalue weighted by atomic mass is 19.2. The fraction of sp³-hybridized carbons (Fsp3) is 0.100. The summed E-state index contributed by atoms with van der Waals surface area (Å²) in [6, 6.07) is 4.55. The molecule has 2 nitrogen and oxygen atoms in total. The van der Waals surface area contributed by atoms with E-state index in [2.05, 4.69) is 0 Å². The second-order valence-electron chi connectivity index (χ2n) is 6.15. The zero-order valence-electron chi connectivity index (χ0n) is 15.3. The van der Waals surface area contributed by atoms with E-state index in [0.29, 0.717) is 0 Å². The largest absolute Gasteiger partial charge is 0.489 e. The lowest BCUT2D eigenvalue weighted by atomic mass is 10.2. The molecule has 0 bridgehead atoms. The van der Waals surface area contributed by atoms with Gasteiger partial charge in [-0.25, -0.2) is 43.9 Å². The normalized spacial score (nSPS) is 11.1. The van der Waals surface area contributed by atoms with Crippen molar-refractivity contribution in [1.29, 1.82) is 0 Å². The summed E-state index contributed by atoms with van der Waals surface area (Å²) >= 11 is 0. The number of benzene rings is 3. The second kappa shape index (κ2) is 8.97. The summed E-state index contributed by atoms with van der Waals surface area (Å²) in [7, 11) is 0. The van der Waals surface area contributed by atoms with Gasteiger partial charge in [0.25, 0.3) is 0 Å². The molecule has 170 valence electrons. The molecule has 0 saturated heterocycles. The summed E-state index contributed by atoms with van der Waals surface area (Å²) in [5.74, 6) is -22.2. The molecule has 0 aromatic heterocycles. The van der Waals surface area contributed by atoms with Crippen LogP contribution < -0.4 is 9.47 Å². The van der Waals surface area contributed by atoms with E-state index in [1.165, 1.54) is 18.2 Å². The Morgan fingerprint density at radius 3 is 1.03 bits per heavy atom. The van der Waals surface area contributed by atoms with E-state index in [4.69, 9.17) is 9.47 Å². The first kappa shape index (κ1) is 23.2. The summed E-state index contributed by atoms with van der Waals surface area (Å²) in [5, 5.41) is 0. The third kappa shape index (κ3) is 4.16. The molecule has 0 radical (unpaired) electrons. The molecule has 0 aliphatic heterocycles. The molecule has 0 atom stereocenters. The van der Waals surface area contributed by atoms with E-state index >= 15 is 0 Å². The fourth-order valence-corrected chi connectivity index (χ4v) is 2.52. The van der Waals surface area contributed by atoms with Gasteiger partial charge in [-0.2, -0.15) is 0 Å². The Balaban J connectivity index is 1.77. The first-order chi connectivity index (χ1) is 15.0. The van der Waals surface area contributed by atoms with Crippen molar-refractivity contribution in [3.05, 3.63) is 93.6 Å². The molecular weight excluding hydrogens is 462 g/mol. The predicted octanol–water partition coefficient (Wildman–Crippen LogP) is 6.24. The number of ether oxygens (including phenoxy) is 2. The van der Waals surface area contributed by atoms with E-state index < -0.39 is 82.5 Å². The van der Waals surface area contributed by atoms with E-state index in [-0.39, 0.29) is 11.5 Å². The molecule has 3 rings (SSSR count). The van der Waals surface area contributed by atoms with Crippen LogP contribution in [-0.4, -0.2) is 0 Å². The van der Waals surface area contributed by atoms with Crippen molar-refractivity contribution < 1.29 is 53.4 Å². The van der Waals surface area contributed by atoms with Crippen LogP contribution in [0.25, 0.3) is 0 Å². The number of halogens is 10. The molecule has 0 spiro atoms. The lowest BCUT2D eigenvalue weighted by molar-refractivity contribution is 0.267. The first-order valence-corrected chi connectivity index (χ1v) is 8.40. The van der Waals surface area contributed by atoms with Gasteiger partial charge in [0.1, 0.15) is 24.7 Å². The zero-order valence-corrected chi connectivity index (χ0v) is 15.3. The third-order valence-electron chi connectivity index (χ3n) is 4.17. The van der Waals surface area contributed by atoms with Gasteiger partial charge in [0, 0.05) is 6.07 Å². The zero-order chi connectivity index (χ0) is 23.7. The Morgan fingerprint density at radius 2 is 0.719 bits per heavy atom. The molecule has 0 heterocycles. The van der Waals surface area contributed by atoms with Crippen molar-refractivity contribution in [3.63, 3.8) is 0 Å². The molecule has 12 heteroatoms. The molecule has 0 aliphatic carbocycles. The SMILES string of the molecule is Fc1c(F)c(F)c(COc2cccc(OCc3c(F)c(F)c(F)c(F)c3F)c2)c(F)c1F. The van der Waals surface area contributed by atoms with Crippen LogP contribution in [0.4, 0.5) is 43.9 Å². The van der Waals surface area contributed by atoms with E-state index in [9.17, 15) is 43.9 Å². The van der Waals surface area contributed by atoms with Gasteiger partial charge in [-0.05, 0) is 12.1 Å². The summed E-state index contributed by atoms with van der Waals surface area (Å²) in [6.07, 6.45) is 0. The van der Waals surface area contributed by atoms with Gasteiger partial charge < -0.3 is 9.47 Å². The van der Waals surface area contributed by atoms with Crippen molar-refractivity contribution in [2.24, 2.45) is 0 Å². The maximum atomic E-state index is 13.7. The topological polar surface area (TPSA) is 18.5 Å². The molecular formula is C20H8F10O2. The highest BCUT2D eigenvalue weighted by Crippen LogP contribution is 2.28. The van der Waals surface area contributed by atoms with Crippen LogP contribution >= 0.6 is 0 Å². The fourth-order valence-electron chi connectivity index (χ4n) is 2.52. The molecule has 0 amide bonds. The summed E-state index contributed by atoms with van der Waals surface area (Å²) in [6.45, 7) is -2.18. The molecule has 0 unspecified atom stereocenters. The lowest BCUT2D eigenvalue weighted by Crippen LogP contribution is -2.10. The Bertz CT molecular complexity index is 1050. The van der Waals surface area contributed by atoms with Gasteiger partial charge in [-0.15, -0.1) is 0 Å². The molecule has 0 N–H and O–H groups in total. The minimum Gasteiger partial charge on any atom is -0.489 e. The summed E-state index contributed by atoms with van der Waals surface area (Å²) in [4.78, 5) is 0. The van der Waals surface area contributed by atoms with Gasteiger partial charge in [0.05, 0.1) is 11.1 Å². The minimum absolute atomic E-state index is 0.233. The van der Waals surface area contributed by atoms with Gasteiger partial charge in [0.2, 0.25) is 11.6 Å². The number of hydrogen-bond donors (Lipinski definition) is 0. The highest BCUT2D eigenvalue weighted by Gasteiger charge is 2.27. The second-order valence-corrected chi connectivity index (χ2v) is 6.15. The van der Waals surface area contributed by atoms with Crippen LogP contribution in [0.2, 0.25) is 0 Å². The summed E-state index contributed by atoms with van der Waals surface area (Å²) < 4.78 is 144. The molecule has 3 aromatic carbocycles. The molecule has 0 fully saturated rings. The molecule has 3 aromatic rings. The molecule has 0 aliphatic rings. The van der Waals surface area contributed by atoms with Crippen molar-refractivity contribution in [3.8, 4) is 11.5 Å². The van der Waals surface area contributed by atoms with E-state index in [1.54, 1.807) is 0 Å². The van der Waals surface area contributed by atoms with Crippen molar-refractivity contribution in [1.82, 2.24) is 0 Å². The van der Waals surface area contributed by atoms with Crippen LogP contribution in [0.3, 0.4) is 0 Å². The van der Waals surface area contributed by atoms with Crippen LogP contribution in [0, 0.1) is 58.2 Å². The van der Waals surface area contributed by atoms with Gasteiger partial charge in [0.15, 0.2) is 46.5 Å². The van der Waals surface area contributed by atoms with Crippen LogP contribution in [-0.2, 0) is 13.2 Å². The number of rotatable bonds is 6. The van der Waals surface area contributed by atoms with Crippen molar-refractivity contribution in [2.75, 3.05) is 0 Å². The monoisotopic (exact) mass is 470 g/mol. The Kier molecular flexibility index (Phi) is 6.51. The first-order valence-electron chi connectivity index (χ1n) is 8.40. The lowest BCUT2D eigenvalue weighted by Gasteiger charge is -2.12. The van der Waals surface area contributed by atoms with Crippen molar-refractivity contribution >= 4 is 0 Å². The van der Waals surface area contributed by atoms with Gasteiger partial charge >= 0.3 is 0 Å². The predicted molar refractivity (Wildman–Crippen MR) is 87.6 cm³/mol. The standard InChI is InChI=1S/C20H8F10O2/c21-11-9(12(22)16(26)19(29)15(11)25)5-31-7-2-1-3-8(4-7)32-6-10-13(23)17(27)20(30)18(28)14(10)24/h1-4H,5-6H2. The maximum absolute atomic E-state index is 13.7. The summed E-state index contributed by atoms with van der Waals surface area (Å²) in [5.41, 5.74) is -2.51. The van der Waals surface area contributed by atoms with Crippen LogP contribution in [0.5, 0.6) is 11.5 Å². The smallest absolute Gasteiger partial charge is 0.200 e. The van der Waals surface area contributed by atoms with Gasteiger partial charge in [-0.3, -0.25) is 0 Å². The van der Waals surface area contributed by atoms with Gasteiger partial charge in [-0.1, -0.05) is 6.07 Å². The van der Waals surface area contributed by atoms with E-state index in [0.717, 1.165) is 6.07 Å². The number of hydrogen-bond acceptors (Lipinski definition) is 2. The Morgan fingerprint density at radius 1 is 0.438 bits per heavy atom.